The van der Waals surface area contributed by atoms with E-state index in [4.69, 9.17) is 5.11 Å². The molecule has 0 spiro atoms. The molecule has 0 amide bonds. The molecule has 4 heteroatoms. The number of aromatic nitrogens is 1. The molecule has 0 aliphatic carbocycles. The molecular formula is C13H20N2O2. The summed E-state index contributed by atoms with van der Waals surface area (Å²) in [5.74, 6) is -0.747. The third-order valence-electron chi connectivity index (χ3n) is 2.86. The molecular weight excluding hydrogens is 216 g/mol. The monoisotopic (exact) mass is 236 g/mol. The van der Waals surface area contributed by atoms with Gasteiger partial charge in [0.15, 0.2) is 0 Å². The van der Waals surface area contributed by atoms with Gasteiger partial charge in [0, 0.05) is 12.7 Å². The lowest BCUT2D eigenvalue weighted by molar-refractivity contribution is -0.147. The zero-order valence-electron chi connectivity index (χ0n) is 10.7. The van der Waals surface area contributed by atoms with Crippen LogP contribution < -0.4 is 0 Å². The van der Waals surface area contributed by atoms with Crippen molar-refractivity contribution in [1.82, 2.24) is 9.88 Å². The van der Waals surface area contributed by atoms with E-state index in [0.29, 0.717) is 6.42 Å². The Labute approximate surface area is 102 Å². The molecule has 1 rings (SSSR count). The Morgan fingerprint density at radius 1 is 1.47 bits per heavy atom. The van der Waals surface area contributed by atoms with Crippen LogP contribution in [0.5, 0.6) is 0 Å². The lowest BCUT2D eigenvalue weighted by Crippen LogP contribution is -2.30. The van der Waals surface area contributed by atoms with E-state index in [1.807, 2.05) is 25.2 Å². The highest BCUT2D eigenvalue weighted by molar-refractivity contribution is 5.73. The molecule has 17 heavy (non-hydrogen) atoms. The minimum Gasteiger partial charge on any atom is -0.481 e. The van der Waals surface area contributed by atoms with Gasteiger partial charge in [0.2, 0.25) is 0 Å². The summed E-state index contributed by atoms with van der Waals surface area (Å²) in [6.45, 7) is 5.00. The van der Waals surface area contributed by atoms with E-state index in [0.717, 1.165) is 18.8 Å². The molecule has 0 saturated carbocycles. The van der Waals surface area contributed by atoms with Crippen LogP contribution in [0, 0.1) is 5.41 Å². The highest BCUT2D eigenvalue weighted by Crippen LogP contribution is 2.20. The fourth-order valence-electron chi connectivity index (χ4n) is 1.42. The molecule has 0 aromatic carbocycles. The van der Waals surface area contributed by atoms with Gasteiger partial charge in [-0.05, 0) is 46.0 Å². The fourth-order valence-corrected chi connectivity index (χ4v) is 1.42. The molecule has 1 aromatic heterocycles. The fraction of sp³-hybridized carbons (Fsp3) is 0.538. The summed E-state index contributed by atoms with van der Waals surface area (Å²) in [5.41, 5.74) is 0.335. The van der Waals surface area contributed by atoms with Gasteiger partial charge in [0.05, 0.1) is 11.1 Å². The maximum atomic E-state index is 11.0. The largest absolute Gasteiger partial charge is 0.481 e. The quantitative estimate of drug-likeness (QED) is 0.821. The maximum absolute atomic E-state index is 11.0. The topological polar surface area (TPSA) is 53.4 Å². The van der Waals surface area contributed by atoms with Crippen molar-refractivity contribution < 1.29 is 9.90 Å². The van der Waals surface area contributed by atoms with E-state index < -0.39 is 11.4 Å². The maximum Gasteiger partial charge on any atom is 0.309 e. The molecule has 1 heterocycles. The van der Waals surface area contributed by atoms with Gasteiger partial charge in [-0.2, -0.15) is 0 Å². The molecule has 0 atom stereocenters. The highest BCUT2D eigenvalue weighted by Gasteiger charge is 2.26. The van der Waals surface area contributed by atoms with Crippen molar-refractivity contribution in [3.63, 3.8) is 0 Å². The standard InChI is InChI=1S/C13H20N2O2/c1-13(2,12(16)17)7-9-15(3)10-11-6-4-5-8-14-11/h4-6,8H,7,9-10H2,1-3H3,(H,16,17). The van der Waals surface area contributed by atoms with Gasteiger partial charge in [-0.25, -0.2) is 0 Å². The molecule has 0 unspecified atom stereocenters. The number of pyridine rings is 1. The minimum atomic E-state index is -0.747. The number of carbonyl (C=O) groups is 1. The Bertz CT molecular complexity index is 363. The Balaban J connectivity index is 2.41. The van der Waals surface area contributed by atoms with Gasteiger partial charge < -0.3 is 10.0 Å². The summed E-state index contributed by atoms with van der Waals surface area (Å²) in [7, 11) is 1.98. The van der Waals surface area contributed by atoms with Crippen molar-refractivity contribution in [3.8, 4) is 0 Å². The zero-order valence-corrected chi connectivity index (χ0v) is 10.7. The SMILES string of the molecule is CN(CCC(C)(C)C(=O)O)Cc1ccccn1. The minimum absolute atomic E-state index is 0.631. The number of aliphatic carboxylic acids is 1. The Kier molecular flexibility index (Phi) is 4.63. The first-order chi connectivity index (χ1) is 7.92. The van der Waals surface area contributed by atoms with Crippen molar-refractivity contribution in [3.05, 3.63) is 30.1 Å². The molecule has 0 saturated heterocycles. The summed E-state index contributed by atoms with van der Waals surface area (Å²) >= 11 is 0. The van der Waals surface area contributed by atoms with Gasteiger partial charge in [0.1, 0.15) is 0 Å². The summed E-state index contributed by atoms with van der Waals surface area (Å²) < 4.78 is 0. The number of carboxylic acid groups (broad SMARTS) is 1. The number of hydrogen-bond acceptors (Lipinski definition) is 3. The van der Waals surface area contributed by atoms with Crippen LogP contribution >= 0.6 is 0 Å². The number of carboxylic acids is 1. The molecule has 0 aliphatic heterocycles. The third kappa shape index (κ3) is 4.53. The van der Waals surface area contributed by atoms with Crippen molar-refractivity contribution in [2.24, 2.45) is 5.41 Å². The van der Waals surface area contributed by atoms with Crippen LogP contribution in [0.25, 0.3) is 0 Å². The highest BCUT2D eigenvalue weighted by atomic mass is 16.4. The summed E-state index contributed by atoms with van der Waals surface area (Å²) in [6.07, 6.45) is 2.40. The molecule has 1 N–H and O–H groups in total. The van der Waals surface area contributed by atoms with Crippen LogP contribution in [0.1, 0.15) is 26.0 Å². The molecule has 0 bridgehead atoms. The van der Waals surface area contributed by atoms with E-state index >= 15 is 0 Å². The number of hydrogen-bond donors (Lipinski definition) is 1. The van der Waals surface area contributed by atoms with Gasteiger partial charge in [-0.3, -0.25) is 9.78 Å². The zero-order chi connectivity index (χ0) is 12.9. The second-order valence-corrected chi connectivity index (χ2v) is 5.00. The second kappa shape index (κ2) is 5.77. The number of nitrogens with zero attached hydrogens (tertiary/aromatic N) is 2. The molecule has 1 aromatic rings. The normalized spacial score (nSPS) is 11.8. The first kappa shape index (κ1) is 13.6. The van der Waals surface area contributed by atoms with E-state index in [9.17, 15) is 4.79 Å². The van der Waals surface area contributed by atoms with Crippen LogP contribution in [0.3, 0.4) is 0 Å². The van der Waals surface area contributed by atoms with E-state index in [1.54, 1.807) is 20.0 Å². The average molecular weight is 236 g/mol. The number of rotatable bonds is 6. The van der Waals surface area contributed by atoms with Crippen LogP contribution in [0.15, 0.2) is 24.4 Å². The van der Waals surface area contributed by atoms with Crippen molar-refractivity contribution in [2.45, 2.75) is 26.8 Å². The smallest absolute Gasteiger partial charge is 0.309 e. The average Bonchev–Trinajstić information content (AvgIpc) is 2.28. The van der Waals surface area contributed by atoms with Crippen molar-refractivity contribution >= 4 is 5.97 Å². The third-order valence-corrected chi connectivity index (χ3v) is 2.86. The van der Waals surface area contributed by atoms with Gasteiger partial charge >= 0.3 is 5.97 Å². The van der Waals surface area contributed by atoms with Crippen molar-refractivity contribution in [2.75, 3.05) is 13.6 Å². The van der Waals surface area contributed by atoms with E-state index in [2.05, 4.69) is 9.88 Å². The summed E-state index contributed by atoms with van der Waals surface area (Å²) in [4.78, 5) is 17.3. The van der Waals surface area contributed by atoms with E-state index in [-0.39, 0.29) is 0 Å². The lowest BCUT2D eigenvalue weighted by Gasteiger charge is -2.23. The predicted octanol–water partition coefficient (Wildman–Crippen LogP) is 2.01. The predicted molar refractivity (Wildman–Crippen MR) is 66.6 cm³/mol. The Morgan fingerprint density at radius 2 is 2.18 bits per heavy atom. The van der Waals surface area contributed by atoms with E-state index in [1.165, 1.54) is 0 Å². The summed E-state index contributed by atoms with van der Waals surface area (Å²) in [5, 5.41) is 9.01. The van der Waals surface area contributed by atoms with Crippen LogP contribution in [0.4, 0.5) is 0 Å². The Morgan fingerprint density at radius 3 is 2.71 bits per heavy atom. The van der Waals surface area contributed by atoms with Crippen molar-refractivity contribution in [1.29, 1.82) is 0 Å². The molecule has 0 fully saturated rings. The van der Waals surface area contributed by atoms with Gasteiger partial charge in [-0.15, -0.1) is 0 Å². The Hall–Kier alpha value is -1.42. The van der Waals surface area contributed by atoms with Crippen LogP contribution in [-0.2, 0) is 11.3 Å². The van der Waals surface area contributed by atoms with Crippen LogP contribution in [0.2, 0.25) is 0 Å². The summed E-state index contributed by atoms with van der Waals surface area (Å²) in [6, 6.07) is 5.81. The first-order valence-corrected chi connectivity index (χ1v) is 5.73. The lowest BCUT2D eigenvalue weighted by atomic mass is 9.89. The molecule has 94 valence electrons. The van der Waals surface area contributed by atoms with Gasteiger partial charge in [-0.1, -0.05) is 6.07 Å². The second-order valence-electron chi connectivity index (χ2n) is 5.00. The van der Waals surface area contributed by atoms with Crippen LogP contribution in [-0.4, -0.2) is 34.6 Å². The molecule has 0 radical (unpaired) electrons. The first-order valence-electron chi connectivity index (χ1n) is 5.73. The molecule has 4 nitrogen and oxygen atoms in total. The van der Waals surface area contributed by atoms with Gasteiger partial charge in [0.25, 0.3) is 0 Å². The molecule has 0 aliphatic rings.